The number of methoxy groups -OCH3 is 1. The van der Waals surface area contributed by atoms with Gasteiger partial charge in [0.1, 0.15) is 27.8 Å². The number of ether oxygens (including phenoxy) is 1. The van der Waals surface area contributed by atoms with E-state index in [1.54, 1.807) is 30.3 Å². The van der Waals surface area contributed by atoms with Crippen LogP contribution in [-0.2, 0) is 0 Å². The molecule has 152 valence electrons. The van der Waals surface area contributed by atoms with Crippen LogP contribution < -0.4 is 4.74 Å². The second kappa shape index (κ2) is 8.28. The lowest BCUT2D eigenvalue weighted by Gasteiger charge is -2.23. The number of benzene rings is 3. The predicted molar refractivity (Wildman–Crippen MR) is 114 cm³/mol. The molecule has 0 spiro atoms. The second-order valence-corrected chi connectivity index (χ2v) is 7.80. The zero-order valence-corrected chi connectivity index (χ0v) is 17.1. The Balaban J connectivity index is 1.79. The minimum Gasteiger partial charge on any atom is -0.496 e. The molecule has 0 aromatic heterocycles. The van der Waals surface area contributed by atoms with Crippen molar-refractivity contribution in [3.8, 4) is 5.75 Å². The standard InChI is InChI=1S/C23H18F2N2O2S/c1-14-5-3-4-6-18(14)22(28)27-23(19-12-11-17(25)13-20(19)29-2)30-21(26-27)15-7-9-16(24)10-8-15/h3-13,23H,1-2H3. The number of carbonyl (C=O) groups excluding carboxylic acids is 1. The van der Waals surface area contributed by atoms with Crippen LogP contribution in [-0.4, -0.2) is 23.1 Å². The minimum absolute atomic E-state index is 0.283. The number of hydrazone groups is 1. The largest absolute Gasteiger partial charge is 0.496 e. The molecule has 30 heavy (non-hydrogen) atoms. The number of nitrogens with zero attached hydrogens (tertiary/aromatic N) is 2. The first-order valence-electron chi connectivity index (χ1n) is 9.22. The molecule has 0 saturated heterocycles. The Hall–Kier alpha value is -3.19. The van der Waals surface area contributed by atoms with Crippen LogP contribution in [0.5, 0.6) is 5.75 Å². The number of rotatable bonds is 4. The smallest absolute Gasteiger partial charge is 0.275 e. The zero-order chi connectivity index (χ0) is 21.3. The van der Waals surface area contributed by atoms with Crippen LogP contribution in [0.2, 0.25) is 0 Å². The van der Waals surface area contributed by atoms with Gasteiger partial charge < -0.3 is 4.74 Å². The summed E-state index contributed by atoms with van der Waals surface area (Å²) in [4.78, 5) is 13.4. The van der Waals surface area contributed by atoms with Gasteiger partial charge in [-0.25, -0.2) is 13.8 Å². The van der Waals surface area contributed by atoms with Gasteiger partial charge in [0.2, 0.25) is 0 Å². The maximum Gasteiger partial charge on any atom is 0.275 e. The molecule has 0 N–H and O–H groups in total. The molecule has 0 bridgehead atoms. The molecule has 4 rings (SSSR count). The number of carbonyl (C=O) groups is 1. The third-order valence-corrected chi connectivity index (χ3v) is 6.00. The second-order valence-electron chi connectivity index (χ2n) is 6.73. The maximum atomic E-state index is 13.7. The summed E-state index contributed by atoms with van der Waals surface area (Å²) in [5.41, 5.74) is 2.65. The van der Waals surface area contributed by atoms with Crippen molar-refractivity contribution >= 4 is 22.7 Å². The zero-order valence-electron chi connectivity index (χ0n) is 16.3. The Labute approximate surface area is 177 Å². The molecule has 0 aliphatic carbocycles. The highest BCUT2D eigenvalue weighted by molar-refractivity contribution is 8.14. The van der Waals surface area contributed by atoms with Crippen molar-refractivity contribution in [2.75, 3.05) is 7.11 Å². The van der Waals surface area contributed by atoms with E-state index in [1.165, 1.54) is 48.1 Å². The Kier molecular flexibility index (Phi) is 5.55. The van der Waals surface area contributed by atoms with Gasteiger partial charge in [-0.05, 0) is 55.0 Å². The SMILES string of the molecule is COc1cc(F)ccc1C1SC(c2ccc(F)cc2)=NN1C(=O)c1ccccc1C. The van der Waals surface area contributed by atoms with E-state index in [4.69, 9.17) is 4.74 Å². The Morgan fingerprint density at radius 3 is 2.43 bits per heavy atom. The quantitative estimate of drug-likeness (QED) is 0.553. The summed E-state index contributed by atoms with van der Waals surface area (Å²) >= 11 is 1.33. The summed E-state index contributed by atoms with van der Waals surface area (Å²) in [6.07, 6.45) is 0. The predicted octanol–water partition coefficient (Wildman–Crippen LogP) is 5.53. The van der Waals surface area contributed by atoms with E-state index in [2.05, 4.69) is 5.10 Å². The van der Waals surface area contributed by atoms with Gasteiger partial charge in [-0.3, -0.25) is 4.79 Å². The molecule has 0 saturated carbocycles. The van der Waals surface area contributed by atoms with E-state index < -0.39 is 11.2 Å². The number of halogens is 2. The topological polar surface area (TPSA) is 41.9 Å². The molecule has 1 amide bonds. The van der Waals surface area contributed by atoms with Crippen molar-refractivity contribution in [3.63, 3.8) is 0 Å². The molecule has 7 heteroatoms. The molecule has 3 aromatic rings. The van der Waals surface area contributed by atoms with Crippen molar-refractivity contribution in [2.24, 2.45) is 5.10 Å². The maximum absolute atomic E-state index is 13.7. The first-order chi connectivity index (χ1) is 14.5. The summed E-state index contributed by atoms with van der Waals surface area (Å²) in [6, 6.07) is 17.4. The third kappa shape index (κ3) is 3.80. The van der Waals surface area contributed by atoms with Crippen LogP contribution in [0.4, 0.5) is 8.78 Å². The van der Waals surface area contributed by atoms with Crippen LogP contribution in [0.3, 0.4) is 0 Å². The lowest BCUT2D eigenvalue weighted by atomic mass is 10.1. The Bertz CT molecular complexity index is 1130. The normalized spacial score (nSPS) is 15.8. The molecule has 0 radical (unpaired) electrons. The molecule has 4 nitrogen and oxygen atoms in total. The van der Waals surface area contributed by atoms with Gasteiger partial charge in [0.05, 0.1) is 7.11 Å². The molecule has 1 aliphatic rings. The van der Waals surface area contributed by atoms with Crippen molar-refractivity contribution in [1.82, 2.24) is 5.01 Å². The summed E-state index contributed by atoms with van der Waals surface area (Å²) in [7, 11) is 1.45. The number of amides is 1. The third-order valence-electron chi connectivity index (χ3n) is 4.78. The lowest BCUT2D eigenvalue weighted by Crippen LogP contribution is -2.27. The van der Waals surface area contributed by atoms with Gasteiger partial charge in [0.15, 0.2) is 0 Å². The van der Waals surface area contributed by atoms with Gasteiger partial charge in [-0.15, -0.1) is 0 Å². The van der Waals surface area contributed by atoms with Crippen LogP contribution in [0, 0.1) is 18.6 Å². The number of hydrogen-bond donors (Lipinski definition) is 0. The fourth-order valence-corrected chi connectivity index (χ4v) is 4.40. The highest BCUT2D eigenvalue weighted by Crippen LogP contribution is 2.45. The van der Waals surface area contributed by atoms with Gasteiger partial charge in [-0.2, -0.15) is 5.10 Å². The fourth-order valence-electron chi connectivity index (χ4n) is 3.22. The molecule has 3 aromatic carbocycles. The van der Waals surface area contributed by atoms with Crippen molar-refractivity contribution in [2.45, 2.75) is 12.3 Å². The number of aryl methyl sites for hydroxylation is 1. The fraction of sp³-hybridized carbons (Fsp3) is 0.130. The van der Waals surface area contributed by atoms with E-state index in [-0.39, 0.29) is 11.7 Å². The molecule has 1 atom stereocenters. The summed E-state index contributed by atoms with van der Waals surface area (Å²) in [6.45, 7) is 1.86. The number of hydrogen-bond acceptors (Lipinski definition) is 4. The van der Waals surface area contributed by atoms with Gasteiger partial charge in [0, 0.05) is 22.8 Å². The molecular formula is C23H18F2N2O2S. The highest BCUT2D eigenvalue weighted by atomic mass is 32.2. The van der Waals surface area contributed by atoms with E-state index in [1.807, 2.05) is 19.1 Å². The Morgan fingerprint density at radius 1 is 1.03 bits per heavy atom. The van der Waals surface area contributed by atoms with Gasteiger partial charge in [-0.1, -0.05) is 30.0 Å². The van der Waals surface area contributed by atoms with Crippen molar-refractivity contribution < 1.29 is 18.3 Å². The van der Waals surface area contributed by atoms with Gasteiger partial charge >= 0.3 is 0 Å². The van der Waals surface area contributed by atoms with Crippen LogP contribution in [0.15, 0.2) is 71.8 Å². The number of thioether (sulfide) groups is 1. The van der Waals surface area contributed by atoms with Gasteiger partial charge in [0.25, 0.3) is 5.91 Å². The van der Waals surface area contributed by atoms with Crippen LogP contribution >= 0.6 is 11.8 Å². The van der Waals surface area contributed by atoms with Crippen molar-refractivity contribution in [3.05, 3.63) is 101 Å². The highest BCUT2D eigenvalue weighted by Gasteiger charge is 2.36. The molecule has 1 heterocycles. The van der Waals surface area contributed by atoms with E-state index >= 15 is 0 Å². The Morgan fingerprint density at radius 2 is 1.73 bits per heavy atom. The molecule has 0 fully saturated rings. The lowest BCUT2D eigenvalue weighted by molar-refractivity contribution is 0.0747. The molecular weight excluding hydrogens is 406 g/mol. The monoisotopic (exact) mass is 424 g/mol. The average Bonchev–Trinajstić information content (AvgIpc) is 3.19. The van der Waals surface area contributed by atoms with Crippen molar-refractivity contribution in [1.29, 1.82) is 0 Å². The summed E-state index contributed by atoms with van der Waals surface area (Å²) in [5.74, 6) is -0.748. The first kappa shape index (κ1) is 20.1. The van der Waals surface area contributed by atoms with E-state index in [9.17, 15) is 13.6 Å². The summed E-state index contributed by atoms with van der Waals surface area (Å²) in [5, 5.41) is 5.93. The van der Waals surface area contributed by atoms with Crippen LogP contribution in [0.25, 0.3) is 0 Å². The summed E-state index contributed by atoms with van der Waals surface area (Å²) < 4.78 is 32.5. The first-order valence-corrected chi connectivity index (χ1v) is 10.1. The van der Waals surface area contributed by atoms with E-state index in [0.29, 0.717) is 27.5 Å². The van der Waals surface area contributed by atoms with Crippen LogP contribution in [0.1, 0.15) is 32.4 Å². The molecule has 1 unspecified atom stereocenters. The molecule has 1 aliphatic heterocycles. The van der Waals surface area contributed by atoms with E-state index in [0.717, 1.165) is 5.56 Å². The average molecular weight is 424 g/mol. The minimum atomic E-state index is -0.562.